The molecule has 0 aliphatic rings. The van der Waals surface area contributed by atoms with E-state index in [2.05, 4.69) is 36.4 Å². The first-order chi connectivity index (χ1) is 1.73. The number of alkyl halides is 1. The molecule has 0 saturated carbocycles. The van der Waals surface area contributed by atoms with E-state index in [-0.39, 0.29) is 17.1 Å². The maximum absolute atomic E-state index is 2.34. The van der Waals surface area contributed by atoms with E-state index >= 15 is 0 Å². The molecule has 33 valence electrons. The average Bonchev–Trinajstić information content (AvgIpc) is 0.811. The fraction of sp³-hybridized carbons (Fsp3) is 1.00. The Morgan fingerprint density at radius 3 is 1.40 bits per heavy atom. The summed E-state index contributed by atoms with van der Waals surface area (Å²) in [4.78, 5) is 0. The largest absolute Gasteiger partial charge is 0.0832 e. The van der Waals surface area contributed by atoms with Gasteiger partial charge in [-0.2, -0.15) is 0 Å². The van der Waals surface area contributed by atoms with Gasteiger partial charge in [0.15, 0.2) is 0 Å². The maximum Gasteiger partial charge on any atom is 0.00530 e. The van der Waals surface area contributed by atoms with Crippen molar-refractivity contribution in [3.8, 4) is 0 Å². The molecule has 0 heterocycles. The molecule has 0 unspecified atom stereocenters. The molecule has 0 saturated heterocycles. The van der Waals surface area contributed by atoms with Crippen molar-refractivity contribution in [3.05, 3.63) is 0 Å². The molecule has 1 radical (unpaired) electrons. The molecule has 0 spiro atoms. The van der Waals surface area contributed by atoms with Gasteiger partial charge in [0.25, 0.3) is 0 Å². The van der Waals surface area contributed by atoms with Crippen molar-refractivity contribution in [1.82, 2.24) is 0 Å². The van der Waals surface area contributed by atoms with E-state index in [4.69, 9.17) is 0 Å². The normalized spacial score (nSPS) is 7.20. The molecule has 0 nitrogen and oxygen atoms in total. The molecule has 0 aromatic carbocycles. The molecule has 0 fully saturated rings. The van der Waals surface area contributed by atoms with Crippen LogP contribution in [-0.2, 0) is 17.1 Å². The third-order valence-corrected chi connectivity index (χ3v) is 0. The van der Waals surface area contributed by atoms with Crippen molar-refractivity contribution >= 4 is 22.6 Å². The fourth-order valence-corrected chi connectivity index (χ4v) is 0. The van der Waals surface area contributed by atoms with E-state index in [1.54, 1.807) is 0 Å². The van der Waals surface area contributed by atoms with Crippen LogP contribution >= 0.6 is 22.6 Å². The first kappa shape index (κ1) is 9.54. The molecular formula is C3H7IMn. The van der Waals surface area contributed by atoms with Gasteiger partial charge in [0.2, 0.25) is 0 Å². The summed E-state index contributed by atoms with van der Waals surface area (Å²) in [5, 5.41) is 0. The Kier molecular flexibility index (Phi) is 10.0. The van der Waals surface area contributed by atoms with Crippen LogP contribution < -0.4 is 0 Å². The molecule has 5 heavy (non-hydrogen) atoms. The van der Waals surface area contributed by atoms with Crippen LogP contribution in [0.1, 0.15) is 13.8 Å². The smallest absolute Gasteiger partial charge is 0.00530 e. The summed E-state index contributed by atoms with van der Waals surface area (Å²) in [5.41, 5.74) is 0. The zero-order valence-electron chi connectivity index (χ0n) is 3.33. The van der Waals surface area contributed by atoms with Crippen LogP contribution in [0.25, 0.3) is 0 Å². The van der Waals surface area contributed by atoms with Gasteiger partial charge < -0.3 is 0 Å². The summed E-state index contributed by atoms with van der Waals surface area (Å²) in [6.45, 7) is 4.31. The molecule has 0 aliphatic heterocycles. The number of rotatable bonds is 0. The van der Waals surface area contributed by atoms with E-state index < -0.39 is 0 Å². The van der Waals surface area contributed by atoms with Crippen molar-refractivity contribution in [2.24, 2.45) is 0 Å². The van der Waals surface area contributed by atoms with Gasteiger partial charge >= 0.3 is 0 Å². The first-order valence-electron chi connectivity index (χ1n) is 1.37. The standard InChI is InChI=1S/C3H7I.Mn/c1-3(2)4;/h3H,1-2H3;. The van der Waals surface area contributed by atoms with Gasteiger partial charge in [-0.3, -0.25) is 0 Å². The molecule has 2 heteroatoms. The van der Waals surface area contributed by atoms with Crippen LogP contribution in [0.3, 0.4) is 0 Å². The molecule has 0 atom stereocenters. The SMILES string of the molecule is CC(C)I.[Mn]. The van der Waals surface area contributed by atoms with Crippen LogP contribution in [0.5, 0.6) is 0 Å². The van der Waals surface area contributed by atoms with Crippen LogP contribution in [0, 0.1) is 0 Å². The van der Waals surface area contributed by atoms with Gasteiger partial charge in [0, 0.05) is 21.0 Å². The zero-order valence-corrected chi connectivity index (χ0v) is 6.67. The predicted octanol–water partition coefficient (Wildman–Crippen LogP) is 1.83. The number of hydrogen-bond donors (Lipinski definition) is 0. The predicted molar refractivity (Wildman–Crippen MR) is 29.2 cm³/mol. The maximum atomic E-state index is 2.34. The second-order valence-corrected chi connectivity index (χ2v) is 3.51. The molecule has 0 aromatic heterocycles. The Balaban J connectivity index is 0. The zero-order chi connectivity index (χ0) is 3.58. The minimum absolute atomic E-state index is 0. The average molecular weight is 225 g/mol. The first-order valence-corrected chi connectivity index (χ1v) is 2.62. The summed E-state index contributed by atoms with van der Waals surface area (Å²) in [7, 11) is 0. The van der Waals surface area contributed by atoms with Crippen molar-refractivity contribution < 1.29 is 17.1 Å². The molecule has 0 aliphatic carbocycles. The molecule has 0 bridgehead atoms. The van der Waals surface area contributed by atoms with Gasteiger partial charge in [-0.25, -0.2) is 0 Å². The Hall–Kier alpha value is 1.25. The second kappa shape index (κ2) is 5.25. The summed E-state index contributed by atoms with van der Waals surface area (Å²) in [5.74, 6) is 0. The molecule has 0 amide bonds. The van der Waals surface area contributed by atoms with Crippen LogP contribution in [0.4, 0.5) is 0 Å². The van der Waals surface area contributed by atoms with Crippen molar-refractivity contribution in [3.63, 3.8) is 0 Å². The van der Waals surface area contributed by atoms with E-state index in [1.807, 2.05) is 0 Å². The Bertz CT molecular complexity index is 11.6. The quantitative estimate of drug-likeness (QED) is 0.335. The van der Waals surface area contributed by atoms with Gasteiger partial charge in [-0.05, 0) is 0 Å². The van der Waals surface area contributed by atoms with E-state index in [9.17, 15) is 0 Å². The van der Waals surface area contributed by atoms with Crippen molar-refractivity contribution in [2.75, 3.05) is 0 Å². The number of halogens is 1. The van der Waals surface area contributed by atoms with E-state index in [0.29, 0.717) is 0 Å². The summed E-state index contributed by atoms with van der Waals surface area (Å²) in [6.07, 6.45) is 0. The molecular weight excluding hydrogens is 218 g/mol. The minimum atomic E-state index is 0. The Morgan fingerprint density at radius 2 is 1.40 bits per heavy atom. The van der Waals surface area contributed by atoms with Crippen LogP contribution in [-0.4, -0.2) is 3.92 Å². The Labute approximate surface area is 57.3 Å². The monoisotopic (exact) mass is 225 g/mol. The third kappa shape index (κ3) is 35.5. The van der Waals surface area contributed by atoms with Crippen LogP contribution in [0.15, 0.2) is 0 Å². The van der Waals surface area contributed by atoms with Gasteiger partial charge in [-0.15, -0.1) is 0 Å². The van der Waals surface area contributed by atoms with Crippen molar-refractivity contribution in [1.29, 1.82) is 0 Å². The Morgan fingerprint density at radius 1 is 1.40 bits per heavy atom. The molecule has 0 N–H and O–H groups in total. The second-order valence-electron chi connectivity index (χ2n) is 1.01. The van der Waals surface area contributed by atoms with Gasteiger partial charge in [-0.1, -0.05) is 36.4 Å². The van der Waals surface area contributed by atoms with Crippen molar-refractivity contribution in [2.45, 2.75) is 17.8 Å². The van der Waals surface area contributed by atoms with Gasteiger partial charge in [0.1, 0.15) is 0 Å². The topological polar surface area (TPSA) is 0 Å². The van der Waals surface area contributed by atoms with E-state index in [0.717, 1.165) is 3.92 Å². The number of hydrogen-bond acceptors (Lipinski definition) is 0. The van der Waals surface area contributed by atoms with Gasteiger partial charge in [0.05, 0.1) is 0 Å². The summed E-state index contributed by atoms with van der Waals surface area (Å²) in [6, 6.07) is 0. The fourth-order valence-electron chi connectivity index (χ4n) is 0. The third-order valence-electron chi connectivity index (χ3n) is 0. The van der Waals surface area contributed by atoms with E-state index in [1.165, 1.54) is 0 Å². The molecule has 0 rings (SSSR count). The van der Waals surface area contributed by atoms with Crippen LogP contribution in [0.2, 0.25) is 0 Å². The summed E-state index contributed by atoms with van der Waals surface area (Å²) < 4.78 is 0.803. The molecule has 0 aromatic rings. The minimum Gasteiger partial charge on any atom is -0.0832 e. The summed E-state index contributed by atoms with van der Waals surface area (Å²) >= 11 is 2.34.